The normalized spacial score (nSPS) is 11.7. The third-order valence-electron chi connectivity index (χ3n) is 2.52. The number of amides is 2. The van der Waals surface area contributed by atoms with Crippen LogP contribution in [0, 0.1) is 0 Å². The number of hydrogen-bond acceptors (Lipinski definition) is 7. The lowest BCUT2D eigenvalue weighted by Gasteiger charge is -2.33. The summed E-state index contributed by atoms with van der Waals surface area (Å²) in [5, 5.41) is 22.4. The molecule has 0 bridgehead atoms. The Balaban J connectivity index is 4.23. The highest BCUT2D eigenvalue weighted by molar-refractivity contribution is 6.85. The molecule has 0 aliphatic heterocycles. The van der Waals surface area contributed by atoms with E-state index in [9.17, 15) is 9.59 Å². The Kier molecular flexibility index (Phi) is 10.1. The van der Waals surface area contributed by atoms with Crippen LogP contribution in [0.25, 0.3) is 0 Å². The molecule has 0 aliphatic rings. The van der Waals surface area contributed by atoms with E-state index in [1.54, 1.807) is 0 Å². The number of carbonyl (C=O) groups excluding carboxylic acids is 2. The minimum atomic E-state index is -2.18. The van der Waals surface area contributed by atoms with E-state index in [4.69, 9.17) is 23.8 Å². The SMILES string of the molecule is C[Si](C)(CNC(=O)OCCO)O[Si](C)(C)CNC(=O)OCCO. The summed E-state index contributed by atoms with van der Waals surface area (Å²) in [6.07, 6.45) is -0.451. The number of rotatable bonds is 10. The first kappa shape index (κ1) is 21.9. The summed E-state index contributed by atoms with van der Waals surface area (Å²) in [7, 11) is -4.37. The molecule has 0 aromatic carbocycles. The van der Waals surface area contributed by atoms with Gasteiger partial charge in [-0.2, -0.15) is 0 Å². The number of nitrogens with one attached hydrogen (secondary N) is 2. The van der Waals surface area contributed by atoms with Crippen LogP contribution in [0.2, 0.25) is 26.2 Å². The molecule has 2 amide bonds. The van der Waals surface area contributed by atoms with Crippen LogP contribution < -0.4 is 10.6 Å². The molecule has 0 rings (SSSR count). The number of ether oxygens (including phenoxy) is 2. The quantitative estimate of drug-likeness (QED) is 0.398. The maximum atomic E-state index is 11.4. The van der Waals surface area contributed by atoms with E-state index in [0.717, 1.165) is 0 Å². The van der Waals surface area contributed by atoms with Crippen LogP contribution in [0.3, 0.4) is 0 Å². The monoisotopic (exact) mass is 368 g/mol. The van der Waals surface area contributed by atoms with E-state index in [1.807, 2.05) is 26.2 Å². The van der Waals surface area contributed by atoms with Crippen molar-refractivity contribution in [2.75, 3.05) is 38.8 Å². The van der Waals surface area contributed by atoms with Crippen LogP contribution >= 0.6 is 0 Å². The van der Waals surface area contributed by atoms with E-state index < -0.39 is 28.8 Å². The lowest BCUT2D eigenvalue weighted by Crippen LogP contribution is -2.56. The van der Waals surface area contributed by atoms with Crippen molar-refractivity contribution in [2.24, 2.45) is 0 Å². The van der Waals surface area contributed by atoms with Crippen molar-refractivity contribution in [1.82, 2.24) is 10.6 Å². The van der Waals surface area contributed by atoms with E-state index in [2.05, 4.69) is 10.6 Å². The molecule has 23 heavy (non-hydrogen) atoms. The number of carbonyl (C=O) groups is 2. The molecular weight excluding hydrogens is 340 g/mol. The molecule has 0 aromatic heterocycles. The Bertz CT molecular complexity index is 346. The summed E-state index contributed by atoms with van der Waals surface area (Å²) >= 11 is 0. The first-order valence-electron chi connectivity index (χ1n) is 7.35. The van der Waals surface area contributed by atoms with Gasteiger partial charge in [-0.25, -0.2) is 9.59 Å². The van der Waals surface area contributed by atoms with Crippen molar-refractivity contribution in [3.8, 4) is 0 Å². The Labute approximate surface area is 138 Å². The zero-order chi connectivity index (χ0) is 17.9. The number of alkyl carbamates (subject to hydrolysis) is 2. The fourth-order valence-corrected chi connectivity index (χ4v) is 9.47. The third kappa shape index (κ3) is 12.0. The highest BCUT2D eigenvalue weighted by Crippen LogP contribution is 2.13. The van der Waals surface area contributed by atoms with Gasteiger partial charge >= 0.3 is 12.2 Å². The van der Waals surface area contributed by atoms with Crippen LogP contribution in [0.15, 0.2) is 0 Å². The van der Waals surface area contributed by atoms with Crippen LogP contribution in [-0.4, -0.2) is 77.8 Å². The van der Waals surface area contributed by atoms with E-state index in [-0.39, 0.29) is 26.4 Å². The standard InChI is InChI=1S/C12H28N2O7Si2/c1-22(2,9-13-11(17)19-7-5-15)21-23(3,4)10-14-12(18)20-8-6-16/h15-16H,5-10H2,1-4H3,(H,13,17)(H,14,18). The van der Waals surface area contributed by atoms with Gasteiger partial charge in [-0.15, -0.1) is 0 Å². The van der Waals surface area contributed by atoms with Gasteiger partial charge < -0.3 is 34.4 Å². The second kappa shape index (κ2) is 10.6. The van der Waals surface area contributed by atoms with Crippen molar-refractivity contribution in [1.29, 1.82) is 0 Å². The summed E-state index contributed by atoms with van der Waals surface area (Å²) in [5.41, 5.74) is 0. The molecule has 11 heteroatoms. The summed E-state index contributed by atoms with van der Waals surface area (Å²) in [4.78, 5) is 22.7. The molecule has 0 unspecified atom stereocenters. The molecule has 0 aliphatic carbocycles. The number of aliphatic hydroxyl groups excluding tert-OH is 2. The van der Waals surface area contributed by atoms with Crippen LogP contribution in [0.5, 0.6) is 0 Å². The maximum absolute atomic E-state index is 11.4. The minimum absolute atomic E-state index is 0.0468. The summed E-state index contributed by atoms with van der Waals surface area (Å²) in [6, 6.07) is 0. The Morgan fingerprint density at radius 1 is 0.826 bits per heavy atom. The highest BCUT2D eigenvalue weighted by Gasteiger charge is 2.34. The summed E-state index contributed by atoms with van der Waals surface area (Å²) in [6.45, 7) is 7.29. The molecule has 0 aromatic rings. The average molecular weight is 369 g/mol. The van der Waals surface area contributed by atoms with Crippen LogP contribution in [0.1, 0.15) is 0 Å². The van der Waals surface area contributed by atoms with E-state index in [0.29, 0.717) is 12.3 Å². The zero-order valence-electron chi connectivity index (χ0n) is 14.2. The van der Waals surface area contributed by atoms with Gasteiger partial charge in [0.1, 0.15) is 13.2 Å². The van der Waals surface area contributed by atoms with E-state index >= 15 is 0 Å². The second-order valence-electron chi connectivity index (χ2n) is 6.05. The fourth-order valence-electron chi connectivity index (χ4n) is 1.77. The van der Waals surface area contributed by atoms with Crippen molar-refractivity contribution < 1.29 is 33.4 Å². The molecule has 0 saturated carbocycles. The fraction of sp³-hybridized carbons (Fsp3) is 0.833. The molecule has 0 radical (unpaired) electrons. The Morgan fingerprint density at radius 2 is 1.17 bits per heavy atom. The predicted octanol–water partition coefficient (Wildman–Crippen LogP) is -0.0714. The number of aliphatic hydroxyl groups is 2. The van der Waals surface area contributed by atoms with Crippen molar-refractivity contribution in [3.63, 3.8) is 0 Å². The topological polar surface area (TPSA) is 126 Å². The van der Waals surface area contributed by atoms with Crippen molar-refractivity contribution in [3.05, 3.63) is 0 Å². The van der Waals surface area contributed by atoms with Gasteiger partial charge in [0, 0.05) is 12.3 Å². The van der Waals surface area contributed by atoms with Gasteiger partial charge in [-0.05, 0) is 26.2 Å². The van der Waals surface area contributed by atoms with Gasteiger partial charge in [0.05, 0.1) is 13.2 Å². The lowest BCUT2D eigenvalue weighted by molar-refractivity contribution is 0.120. The molecule has 0 fully saturated rings. The minimum Gasteiger partial charge on any atom is -0.453 e. The summed E-state index contributed by atoms with van der Waals surface area (Å²) < 4.78 is 15.6. The Morgan fingerprint density at radius 3 is 1.48 bits per heavy atom. The molecular formula is C12H28N2O7Si2. The van der Waals surface area contributed by atoms with Gasteiger partial charge in [0.15, 0.2) is 16.6 Å². The van der Waals surface area contributed by atoms with Gasteiger partial charge in [-0.1, -0.05) is 0 Å². The molecule has 0 atom stereocenters. The van der Waals surface area contributed by atoms with Gasteiger partial charge in [0.2, 0.25) is 0 Å². The Hall–Kier alpha value is -1.15. The highest BCUT2D eigenvalue weighted by atomic mass is 28.4. The van der Waals surface area contributed by atoms with Gasteiger partial charge in [-0.3, -0.25) is 0 Å². The molecule has 4 N–H and O–H groups in total. The largest absolute Gasteiger partial charge is 0.453 e. The van der Waals surface area contributed by atoms with Gasteiger partial charge in [0.25, 0.3) is 0 Å². The zero-order valence-corrected chi connectivity index (χ0v) is 16.2. The lowest BCUT2D eigenvalue weighted by atomic mass is 10.8. The predicted molar refractivity (Wildman–Crippen MR) is 88.9 cm³/mol. The van der Waals surface area contributed by atoms with Crippen LogP contribution in [-0.2, 0) is 13.6 Å². The molecule has 0 heterocycles. The molecule has 0 saturated heterocycles. The first-order valence-corrected chi connectivity index (χ1v) is 13.6. The smallest absolute Gasteiger partial charge is 0.407 e. The molecule has 0 spiro atoms. The summed E-state index contributed by atoms with van der Waals surface area (Å²) in [5.74, 6) is 0. The van der Waals surface area contributed by atoms with Crippen LogP contribution in [0.4, 0.5) is 9.59 Å². The van der Waals surface area contributed by atoms with Crippen molar-refractivity contribution in [2.45, 2.75) is 26.2 Å². The molecule has 136 valence electrons. The third-order valence-corrected chi connectivity index (χ3v) is 9.00. The number of hydrogen-bond donors (Lipinski definition) is 4. The molecule has 9 nitrogen and oxygen atoms in total. The van der Waals surface area contributed by atoms with Crippen molar-refractivity contribution >= 4 is 28.8 Å². The van der Waals surface area contributed by atoms with E-state index in [1.165, 1.54) is 0 Å². The second-order valence-corrected chi connectivity index (χ2v) is 14.6. The first-order chi connectivity index (χ1) is 10.6. The maximum Gasteiger partial charge on any atom is 0.407 e. The average Bonchev–Trinajstić information content (AvgIpc) is 2.46.